The molecule has 0 aliphatic carbocycles. The second kappa shape index (κ2) is 7.46. The van der Waals surface area contributed by atoms with E-state index in [1.165, 1.54) is 31.4 Å². The lowest BCUT2D eigenvalue weighted by molar-refractivity contribution is 0.151. The van der Waals surface area contributed by atoms with E-state index in [0.717, 1.165) is 25.9 Å². The molecule has 1 fully saturated rings. The molecule has 0 saturated carbocycles. The molecule has 1 saturated heterocycles. The third-order valence-corrected chi connectivity index (χ3v) is 3.59. The molecule has 0 aromatic heterocycles. The molecule has 4 heteroatoms. The highest BCUT2D eigenvalue weighted by atomic mass is 19.1. The van der Waals surface area contributed by atoms with Gasteiger partial charge in [-0.05, 0) is 63.0 Å². The van der Waals surface area contributed by atoms with E-state index in [1.54, 1.807) is 12.1 Å². The third-order valence-electron chi connectivity index (χ3n) is 3.59. The predicted octanol–water partition coefficient (Wildman–Crippen LogP) is 2.76. The first kappa shape index (κ1) is 14.3. The van der Waals surface area contributed by atoms with Crippen LogP contribution >= 0.6 is 0 Å². The van der Waals surface area contributed by atoms with Crippen molar-refractivity contribution in [2.24, 2.45) is 5.73 Å². The highest BCUT2D eigenvalue weighted by molar-refractivity contribution is 5.21. The van der Waals surface area contributed by atoms with E-state index in [0.29, 0.717) is 12.4 Å². The average molecular weight is 266 g/mol. The molecule has 0 amide bonds. The number of nitrogens with zero attached hydrogens (tertiary/aromatic N) is 1. The molecule has 2 rings (SSSR count). The summed E-state index contributed by atoms with van der Waals surface area (Å²) < 4.78 is 18.3. The van der Waals surface area contributed by atoms with Crippen molar-refractivity contribution in [2.75, 3.05) is 19.7 Å². The van der Waals surface area contributed by atoms with Crippen LogP contribution in [0, 0.1) is 5.82 Å². The summed E-state index contributed by atoms with van der Waals surface area (Å²) in [5.41, 5.74) is 6.17. The van der Waals surface area contributed by atoms with Gasteiger partial charge in [-0.1, -0.05) is 6.42 Å². The monoisotopic (exact) mass is 266 g/mol. The van der Waals surface area contributed by atoms with Gasteiger partial charge < -0.3 is 10.5 Å². The van der Waals surface area contributed by atoms with E-state index < -0.39 is 0 Å². The molecule has 1 aromatic carbocycles. The Hall–Kier alpha value is -1.13. The Morgan fingerprint density at radius 3 is 2.53 bits per heavy atom. The summed E-state index contributed by atoms with van der Waals surface area (Å²) >= 11 is 0. The van der Waals surface area contributed by atoms with Crippen molar-refractivity contribution in [3.05, 3.63) is 30.1 Å². The molecule has 19 heavy (non-hydrogen) atoms. The summed E-state index contributed by atoms with van der Waals surface area (Å²) in [6.07, 6.45) is 5.88. The molecule has 2 N–H and O–H groups in total. The van der Waals surface area contributed by atoms with Gasteiger partial charge in [0.2, 0.25) is 0 Å². The smallest absolute Gasteiger partial charge is 0.123 e. The first-order valence-electron chi connectivity index (χ1n) is 7.14. The van der Waals surface area contributed by atoms with Crippen molar-refractivity contribution >= 4 is 0 Å². The Balaban J connectivity index is 1.62. The quantitative estimate of drug-likeness (QED) is 0.805. The van der Waals surface area contributed by atoms with Crippen LogP contribution in [0.3, 0.4) is 0 Å². The standard InChI is InChI=1S/C15H23FN2O/c16-13-6-8-14(9-7-13)19-12-4-5-15(17)18-10-2-1-3-11-18/h6-9,15H,1-5,10-12,17H2. The lowest BCUT2D eigenvalue weighted by atomic mass is 10.1. The van der Waals surface area contributed by atoms with E-state index >= 15 is 0 Å². The molecule has 1 unspecified atom stereocenters. The second-order valence-corrected chi connectivity index (χ2v) is 5.11. The van der Waals surface area contributed by atoms with E-state index in [9.17, 15) is 4.39 Å². The minimum absolute atomic E-state index is 0.150. The zero-order valence-electron chi connectivity index (χ0n) is 11.4. The maximum absolute atomic E-state index is 12.7. The van der Waals surface area contributed by atoms with Gasteiger partial charge in [0, 0.05) is 0 Å². The molecule has 0 bridgehead atoms. The van der Waals surface area contributed by atoms with E-state index in [1.807, 2.05) is 0 Å². The van der Waals surface area contributed by atoms with Crippen molar-refractivity contribution in [1.29, 1.82) is 0 Å². The van der Waals surface area contributed by atoms with Crippen LogP contribution in [0.25, 0.3) is 0 Å². The van der Waals surface area contributed by atoms with Crippen LogP contribution in [0.5, 0.6) is 5.75 Å². The highest BCUT2D eigenvalue weighted by Gasteiger charge is 2.16. The van der Waals surface area contributed by atoms with Crippen LogP contribution in [0.2, 0.25) is 0 Å². The zero-order valence-corrected chi connectivity index (χ0v) is 11.4. The molecule has 0 radical (unpaired) electrons. The van der Waals surface area contributed by atoms with Gasteiger partial charge in [0.1, 0.15) is 11.6 Å². The lowest BCUT2D eigenvalue weighted by Crippen LogP contribution is -2.44. The van der Waals surface area contributed by atoms with Gasteiger partial charge in [-0.25, -0.2) is 4.39 Å². The number of halogens is 1. The first-order chi connectivity index (χ1) is 9.25. The Morgan fingerprint density at radius 1 is 1.16 bits per heavy atom. The van der Waals surface area contributed by atoms with Gasteiger partial charge in [0.25, 0.3) is 0 Å². The van der Waals surface area contributed by atoms with Crippen LogP contribution in [-0.4, -0.2) is 30.8 Å². The fraction of sp³-hybridized carbons (Fsp3) is 0.600. The first-order valence-corrected chi connectivity index (χ1v) is 7.14. The van der Waals surface area contributed by atoms with Crippen LogP contribution in [0.15, 0.2) is 24.3 Å². The van der Waals surface area contributed by atoms with E-state index in [2.05, 4.69) is 4.90 Å². The molecule has 1 aliphatic heterocycles. The topological polar surface area (TPSA) is 38.5 Å². The van der Waals surface area contributed by atoms with Crippen LogP contribution < -0.4 is 10.5 Å². The molecular weight excluding hydrogens is 243 g/mol. The summed E-state index contributed by atoms with van der Waals surface area (Å²) in [6.45, 7) is 2.88. The number of benzene rings is 1. The summed E-state index contributed by atoms with van der Waals surface area (Å²) in [7, 11) is 0. The third kappa shape index (κ3) is 4.80. The lowest BCUT2D eigenvalue weighted by Gasteiger charge is -2.32. The molecule has 1 heterocycles. The maximum atomic E-state index is 12.7. The van der Waals surface area contributed by atoms with Gasteiger partial charge >= 0.3 is 0 Å². The Kier molecular flexibility index (Phi) is 5.61. The van der Waals surface area contributed by atoms with Gasteiger partial charge in [0.15, 0.2) is 0 Å². The van der Waals surface area contributed by atoms with Crippen LogP contribution in [-0.2, 0) is 0 Å². The summed E-state index contributed by atoms with van der Waals surface area (Å²) in [4.78, 5) is 2.36. The minimum Gasteiger partial charge on any atom is -0.494 e. The zero-order chi connectivity index (χ0) is 13.5. The Bertz CT molecular complexity index is 363. The van der Waals surface area contributed by atoms with Crippen molar-refractivity contribution in [3.63, 3.8) is 0 Å². The largest absolute Gasteiger partial charge is 0.494 e. The van der Waals surface area contributed by atoms with Crippen molar-refractivity contribution < 1.29 is 9.13 Å². The number of hydrogen-bond donors (Lipinski definition) is 1. The number of rotatable bonds is 6. The molecular formula is C15H23FN2O. The highest BCUT2D eigenvalue weighted by Crippen LogP contribution is 2.14. The average Bonchev–Trinajstić information content (AvgIpc) is 2.46. The van der Waals surface area contributed by atoms with E-state index in [-0.39, 0.29) is 12.0 Å². The van der Waals surface area contributed by atoms with Crippen LogP contribution in [0.1, 0.15) is 32.1 Å². The van der Waals surface area contributed by atoms with Gasteiger partial charge in [-0.3, -0.25) is 4.90 Å². The van der Waals surface area contributed by atoms with Crippen LogP contribution in [0.4, 0.5) is 4.39 Å². The van der Waals surface area contributed by atoms with Crippen molar-refractivity contribution in [2.45, 2.75) is 38.3 Å². The second-order valence-electron chi connectivity index (χ2n) is 5.11. The van der Waals surface area contributed by atoms with Gasteiger partial charge in [-0.2, -0.15) is 0 Å². The normalized spacial score (nSPS) is 18.2. The Morgan fingerprint density at radius 2 is 1.84 bits per heavy atom. The molecule has 3 nitrogen and oxygen atoms in total. The number of hydrogen-bond acceptors (Lipinski definition) is 3. The fourth-order valence-electron chi connectivity index (χ4n) is 2.45. The van der Waals surface area contributed by atoms with Gasteiger partial charge in [-0.15, -0.1) is 0 Å². The fourth-order valence-corrected chi connectivity index (χ4v) is 2.45. The van der Waals surface area contributed by atoms with Gasteiger partial charge in [0.05, 0.1) is 12.8 Å². The number of nitrogens with two attached hydrogens (primary N) is 1. The molecule has 1 aromatic rings. The number of ether oxygens (including phenoxy) is 1. The molecule has 1 aliphatic rings. The summed E-state index contributed by atoms with van der Waals surface area (Å²) in [6, 6.07) is 6.13. The minimum atomic E-state index is -0.237. The number of likely N-dealkylation sites (tertiary alicyclic amines) is 1. The molecule has 1 atom stereocenters. The SMILES string of the molecule is NC(CCCOc1ccc(F)cc1)N1CCCCC1. The summed E-state index contributed by atoms with van der Waals surface area (Å²) in [5, 5.41) is 0. The maximum Gasteiger partial charge on any atom is 0.123 e. The number of piperidine rings is 1. The van der Waals surface area contributed by atoms with Crippen molar-refractivity contribution in [1.82, 2.24) is 4.90 Å². The Labute approximate surface area is 114 Å². The molecule has 106 valence electrons. The molecule has 0 spiro atoms. The summed E-state index contributed by atoms with van der Waals surface area (Å²) in [5.74, 6) is 0.479. The predicted molar refractivity (Wildman–Crippen MR) is 74.5 cm³/mol. The van der Waals surface area contributed by atoms with E-state index in [4.69, 9.17) is 10.5 Å². The van der Waals surface area contributed by atoms with Crippen molar-refractivity contribution in [3.8, 4) is 5.75 Å².